The maximum atomic E-state index is 11.7. The lowest BCUT2D eigenvalue weighted by molar-refractivity contribution is -0.130. The zero-order valence-corrected chi connectivity index (χ0v) is 9.23. The Morgan fingerprint density at radius 3 is 2.50 bits per heavy atom. The van der Waals surface area contributed by atoms with Gasteiger partial charge >= 0.3 is 0 Å². The molecule has 0 heterocycles. The van der Waals surface area contributed by atoms with Crippen molar-refractivity contribution in [3.8, 4) is 0 Å². The van der Waals surface area contributed by atoms with Gasteiger partial charge in [-0.3, -0.25) is 4.79 Å². The molecule has 86 valence electrons. The highest BCUT2D eigenvalue weighted by Gasteiger charge is 2.22. The Hall–Kier alpha value is -1.35. The predicted molar refractivity (Wildman–Crippen MR) is 61.8 cm³/mol. The first kappa shape index (κ1) is 11.1. The van der Waals surface area contributed by atoms with Crippen LogP contribution in [0.1, 0.15) is 37.4 Å². The summed E-state index contributed by atoms with van der Waals surface area (Å²) < 4.78 is 0. The van der Waals surface area contributed by atoms with Crippen LogP contribution in [0.5, 0.6) is 0 Å². The maximum absolute atomic E-state index is 11.7. The van der Waals surface area contributed by atoms with Crippen molar-refractivity contribution >= 4 is 5.91 Å². The van der Waals surface area contributed by atoms with Crippen LogP contribution >= 0.6 is 0 Å². The maximum Gasteiger partial charge on any atom is 0.253 e. The fourth-order valence-corrected chi connectivity index (χ4v) is 2.14. The van der Waals surface area contributed by atoms with Crippen LogP contribution in [-0.4, -0.2) is 17.1 Å². The molecule has 1 aromatic rings. The fraction of sp³-hybridized carbons (Fsp3) is 0.462. The Morgan fingerprint density at radius 2 is 1.88 bits per heavy atom. The van der Waals surface area contributed by atoms with E-state index in [1.165, 1.54) is 12.8 Å². The highest BCUT2D eigenvalue weighted by Crippen LogP contribution is 2.19. The molecule has 0 radical (unpaired) electrons. The minimum absolute atomic E-state index is 0.255. The molecule has 16 heavy (non-hydrogen) atoms. The first-order valence-corrected chi connectivity index (χ1v) is 5.81. The van der Waals surface area contributed by atoms with E-state index >= 15 is 0 Å². The fourth-order valence-electron chi connectivity index (χ4n) is 2.14. The van der Waals surface area contributed by atoms with Crippen molar-refractivity contribution in [3.05, 3.63) is 35.9 Å². The number of carbonyl (C=O) groups excluding carboxylic acids is 1. The second-order valence-corrected chi connectivity index (χ2v) is 4.30. The predicted octanol–water partition coefficient (Wildman–Crippen LogP) is 1.78. The van der Waals surface area contributed by atoms with Crippen molar-refractivity contribution < 1.29 is 9.90 Å². The summed E-state index contributed by atoms with van der Waals surface area (Å²) in [5.74, 6) is -0.280. The van der Waals surface area contributed by atoms with Gasteiger partial charge in [0.1, 0.15) is 0 Å². The van der Waals surface area contributed by atoms with Crippen molar-refractivity contribution in [2.24, 2.45) is 0 Å². The average molecular weight is 219 g/mol. The third-order valence-corrected chi connectivity index (χ3v) is 3.07. The Kier molecular flexibility index (Phi) is 3.57. The molecule has 3 nitrogen and oxygen atoms in total. The number of aliphatic hydroxyl groups is 1. The van der Waals surface area contributed by atoms with Crippen LogP contribution in [0, 0.1) is 0 Å². The van der Waals surface area contributed by atoms with E-state index in [9.17, 15) is 9.90 Å². The highest BCUT2D eigenvalue weighted by atomic mass is 16.3. The molecule has 1 fully saturated rings. The number of aliphatic hydroxyl groups excluding tert-OH is 1. The van der Waals surface area contributed by atoms with E-state index < -0.39 is 6.10 Å². The van der Waals surface area contributed by atoms with Crippen LogP contribution in [0.4, 0.5) is 0 Å². The van der Waals surface area contributed by atoms with Gasteiger partial charge in [0.05, 0.1) is 0 Å². The van der Waals surface area contributed by atoms with Crippen molar-refractivity contribution in [3.63, 3.8) is 0 Å². The number of rotatable bonds is 3. The van der Waals surface area contributed by atoms with Gasteiger partial charge in [-0.25, -0.2) is 0 Å². The van der Waals surface area contributed by atoms with E-state index in [4.69, 9.17) is 0 Å². The van der Waals surface area contributed by atoms with Crippen molar-refractivity contribution in [1.82, 2.24) is 5.32 Å². The molecule has 1 aromatic carbocycles. The number of benzene rings is 1. The minimum Gasteiger partial charge on any atom is -0.378 e. The highest BCUT2D eigenvalue weighted by molar-refractivity contribution is 5.82. The van der Waals surface area contributed by atoms with Gasteiger partial charge < -0.3 is 10.4 Å². The molecule has 0 spiro atoms. The quantitative estimate of drug-likeness (QED) is 0.814. The Labute approximate surface area is 95.5 Å². The second-order valence-electron chi connectivity index (χ2n) is 4.30. The third-order valence-electron chi connectivity index (χ3n) is 3.07. The SMILES string of the molecule is O=C(NC1CCCC1)C(O)c1ccccc1. The molecule has 0 aromatic heterocycles. The molecular weight excluding hydrogens is 202 g/mol. The lowest BCUT2D eigenvalue weighted by Crippen LogP contribution is -2.36. The number of amides is 1. The van der Waals surface area contributed by atoms with Gasteiger partial charge in [0.2, 0.25) is 0 Å². The summed E-state index contributed by atoms with van der Waals surface area (Å²) in [6.07, 6.45) is 3.38. The molecule has 1 aliphatic rings. The number of hydrogen-bond acceptors (Lipinski definition) is 2. The zero-order valence-electron chi connectivity index (χ0n) is 9.23. The molecule has 0 aliphatic heterocycles. The average Bonchev–Trinajstić information content (AvgIpc) is 2.82. The molecular formula is C13H17NO2. The lowest BCUT2D eigenvalue weighted by atomic mass is 10.1. The number of carbonyl (C=O) groups is 1. The standard InChI is InChI=1S/C13H17NO2/c15-12(10-6-2-1-3-7-10)13(16)14-11-8-4-5-9-11/h1-3,6-7,11-12,15H,4-5,8-9H2,(H,14,16). The van der Waals surface area contributed by atoms with Gasteiger partial charge in [0, 0.05) is 6.04 Å². The molecule has 2 rings (SSSR count). The Balaban J connectivity index is 1.94. The molecule has 0 saturated heterocycles. The first-order chi connectivity index (χ1) is 7.77. The van der Waals surface area contributed by atoms with Gasteiger partial charge in [0.15, 0.2) is 6.10 Å². The van der Waals surface area contributed by atoms with E-state index in [1.54, 1.807) is 12.1 Å². The Morgan fingerprint density at radius 1 is 1.25 bits per heavy atom. The summed E-state index contributed by atoms with van der Waals surface area (Å²) >= 11 is 0. The minimum atomic E-state index is -1.04. The monoisotopic (exact) mass is 219 g/mol. The van der Waals surface area contributed by atoms with E-state index in [0.717, 1.165) is 12.8 Å². The number of nitrogens with one attached hydrogen (secondary N) is 1. The summed E-state index contributed by atoms with van der Waals surface area (Å²) in [4.78, 5) is 11.7. The molecule has 1 aliphatic carbocycles. The lowest BCUT2D eigenvalue weighted by Gasteiger charge is -2.15. The third kappa shape index (κ3) is 2.61. The van der Waals surface area contributed by atoms with Gasteiger partial charge in [0.25, 0.3) is 5.91 Å². The van der Waals surface area contributed by atoms with Crippen LogP contribution in [0.3, 0.4) is 0 Å². The molecule has 1 atom stereocenters. The van der Waals surface area contributed by atoms with E-state index in [1.807, 2.05) is 18.2 Å². The summed E-state index contributed by atoms with van der Waals surface area (Å²) in [6.45, 7) is 0. The van der Waals surface area contributed by atoms with Crippen molar-refractivity contribution in [1.29, 1.82) is 0 Å². The Bertz CT molecular complexity index is 344. The molecule has 1 unspecified atom stereocenters. The summed E-state index contributed by atoms with van der Waals surface area (Å²) in [5.41, 5.74) is 0.651. The second kappa shape index (κ2) is 5.12. The van der Waals surface area contributed by atoms with E-state index in [0.29, 0.717) is 5.56 Å². The largest absolute Gasteiger partial charge is 0.378 e. The van der Waals surface area contributed by atoms with E-state index in [2.05, 4.69) is 5.32 Å². The van der Waals surface area contributed by atoms with Gasteiger partial charge in [-0.15, -0.1) is 0 Å². The van der Waals surface area contributed by atoms with Gasteiger partial charge in [-0.05, 0) is 18.4 Å². The normalized spacial score (nSPS) is 18.3. The molecule has 2 N–H and O–H groups in total. The van der Waals surface area contributed by atoms with Crippen molar-refractivity contribution in [2.45, 2.75) is 37.8 Å². The van der Waals surface area contributed by atoms with E-state index in [-0.39, 0.29) is 11.9 Å². The van der Waals surface area contributed by atoms with Crippen LogP contribution in [-0.2, 0) is 4.79 Å². The summed E-state index contributed by atoms with van der Waals surface area (Å²) in [7, 11) is 0. The molecule has 3 heteroatoms. The van der Waals surface area contributed by atoms with Crippen LogP contribution in [0.2, 0.25) is 0 Å². The zero-order chi connectivity index (χ0) is 11.4. The van der Waals surface area contributed by atoms with Crippen LogP contribution in [0.25, 0.3) is 0 Å². The molecule has 1 amide bonds. The van der Waals surface area contributed by atoms with Gasteiger partial charge in [-0.1, -0.05) is 43.2 Å². The topological polar surface area (TPSA) is 49.3 Å². The molecule has 0 bridgehead atoms. The number of hydrogen-bond donors (Lipinski definition) is 2. The van der Waals surface area contributed by atoms with Gasteiger partial charge in [-0.2, -0.15) is 0 Å². The molecule has 1 saturated carbocycles. The summed E-state index contributed by atoms with van der Waals surface area (Å²) in [6, 6.07) is 9.29. The van der Waals surface area contributed by atoms with Crippen molar-refractivity contribution in [2.75, 3.05) is 0 Å². The first-order valence-electron chi connectivity index (χ1n) is 5.81. The smallest absolute Gasteiger partial charge is 0.253 e. The van der Waals surface area contributed by atoms with Crippen LogP contribution in [0.15, 0.2) is 30.3 Å². The van der Waals surface area contributed by atoms with Crippen LogP contribution < -0.4 is 5.32 Å². The summed E-state index contributed by atoms with van der Waals surface area (Å²) in [5, 5.41) is 12.7.